The van der Waals surface area contributed by atoms with Crippen molar-refractivity contribution in [3.8, 4) is 22.8 Å². The maximum Gasteiger partial charge on any atom is 0.410 e. The summed E-state index contributed by atoms with van der Waals surface area (Å²) in [5, 5.41) is 19.4. The predicted molar refractivity (Wildman–Crippen MR) is 244 cm³/mol. The number of aromatic nitrogens is 8. The first-order valence-electron chi connectivity index (χ1n) is 22.3. The number of ether oxygens (including phenoxy) is 2. The maximum atomic E-state index is 13.9. The van der Waals surface area contributed by atoms with Crippen LogP contribution in [0, 0.1) is 23.3 Å². The van der Waals surface area contributed by atoms with Crippen LogP contribution in [0.1, 0.15) is 79.3 Å². The summed E-state index contributed by atoms with van der Waals surface area (Å²) < 4.78 is 69.3. The van der Waals surface area contributed by atoms with E-state index >= 15 is 0 Å². The Morgan fingerprint density at radius 3 is 1.49 bits per heavy atom. The quantitative estimate of drug-likeness (QED) is 0.164. The molecular weight excluding hydrogens is 896 g/mol. The monoisotopic (exact) mass is 948 g/mol. The molecule has 0 atom stereocenters. The van der Waals surface area contributed by atoms with Gasteiger partial charge in [-0.3, -0.25) is 0 Å². The van der Waals surface area contributed by atoms with E-state index in [9.17, 15) is 27.2 Å². The smallest absolute Gasteiger partial charge is 0.410 e. The molecular formula is C46H53ClF4N12O4. The SMILES string of the molecule is CC(C)(C)OC(=O)N1CCN(c2cc(-c3nc4cc(F)c(F)cc4n3C3CC3)cnn2)CC1.CC(C)(C)OC(=O)N1CCNCC1.Fc1cc2nc(-c3cnnc(Cl)c3)n(C3CC3)c2cc1F. The van der Waals surface area contributed by atoms with Gasteiger partial charge in [-0.15, -0.1) is 10.2 Å². The summed E-state index contributed by atoms with van der Waals surface area (Å²) in [6.45, 7) is 16.6. The average molecular weight is 949 g/mol. The van der Waals surface area contributed by atoms with Crippen molar-refractivity contribution in [3.05, 3.63) is 77.2 Å². The topological polar surface area (TPSA) is 162 Å². The molecule has 0 unspecified atom stereocenters. The number of halogens is 5. The summed E-state index contributed by atoms with van der Waals surface area (Å²) in [5.41, 5.74) is 2.49. The molecule has 0 bridgehead atoms. The lowest BCUT2D eigenvalue weighted by Crippen LogP contribution is -2.50. The van der Waals surface area contributed by atoms with Crippen molar-refractivity contribution in [1.82, 2.24) is 54.6 Å². The minimum Gasteiger partial charge on any atom is -0.444 e. The molecule has 0 spiro atoms. The lowest BCUT2D eigenvalue weighted by atomic mass is 10.2. The van der Waals surface area contributed by atoms with Crippen LogP contribution in [0.3, 0.4) is 0 Å². The number of rotatable bonds is 5. The van der Waals surface area contributed by atoms with Crippen LogP contribution < -0.4 is 10.2 Å². The van der Waals surface area contributed by atoms with E-state index in [1.807, 2.05) is 56.7 Å². The first-order valence-corrected chi connectivity index (χ1v) is 22.7. The molecule has 67 heavy (non-hydrogen) atoms. The van der Waals surface area contributed by atoms with Crippen LogP contribution in [0.5, 0.6) is 0 Å². The van der Waals surface area contributed by atoms with Crippen LogP contribution in [0.4, 0.5) is 33.0 Å². The Morgan fingerprint density at radius 2 is 1.04 bits per heavy atom. The van der Waals surface area contributed by atoms with Gasteiger partial charge in [0.15, 0.2) is 34.2 Å². The zero-order valence-electron chi connectivity index (χ0n) is 38.2. The molecule has 6 heterocycles. The Bertz CT molecular complexity index is 2770. The Hall–Kier alpha value is -6.15. The predicted octanol–water partition coefficient (Wildman–Crippen LogP) is 8.75. The van der Waals surface area contributed by atoms with Crippen LogP contribution >= 0.6 is 11.6 Å². The van der Waals surface area contributed by atoms with Crippen molar-refractivity contribution < 1.29 is 36.6 Å². The number of nitrogens with one attached hydrogen (secondary N) is 1. The molecule has 0 radical (unpaired) electrons. The highest BCUT2D eigenvalue weighted by Gasteiger charge is 2.32. The minimum absolute atomic E-state index is 0.200. The van der Waals surface area contributed by atoms with E-state index in [4.69, 9.17) is 21.1 Å². The number of amides is 2. The van der Waals surface area contributed by atoms with Crippen LogP contribution in [0.2, 0.25) is 5.15 Å². The van der Waals surface area contributed by atoms with E-state index in [-0.39, 0.29) is 35.0 Å². The highest BCUT2D eigenvalue weighted by Crippen LogP contribution is 2.43. The zero-order valence-corrected chi connectivity index (χ0v) is 39.0. The Balaban J connectivity index is 0.000000152. The molecule has 16 nitrogen and oxygen atoms in total. The molecule has 2 aromatic carbocycles. The fraction of sp³-hybridized carbons (Fsp3) is 0.478. The summed E-state index contributed by atoms with van der Waals surface area (Å²) in [5.74, 6) is -1.67. The standard InChI is InChI=1S/C23H26F2N6O2.C14H9ClF2N4.C9H18N2O2/c1-23(2,3)33-22(32)30-8-6-29(7-9-30)20-10-14(13-26-28-20)21-27-18-11-16(24)17(25)12-19(18)31(21)15-4-5-15;15-13-3-7(6-18-20-13)14-19-11-4-9(16)10(17)5-12(11)21(14)8-1-2-8;1-9(2,3)13-8(12)11-6-4-10-5-7-11/h10-13,15H,4-9H2,1-3H3;3-6,8H,1-2H2;10H,4-7H2,1-3H3. The summed E-state index contributed by atoms with van der Waals surface area (Å²) in [6.07, 6.45) is 6.55. The zero-order chi connectivity index (χ0) is 47.8. The largest absolute Gasteiger partial charge is 0.444 e. The third-order valence-corrected chi connectivity index (χ3v) is 11.3. The molecule has 2 aliphatic carbocycles. The molecule has 2 amide bonds. The number of hydrogen-bond donors (Lipinski definition) is 1. The number of piperazine rings is 2. The van der Waals surface area contributed by atoms with Gasteiger partial charge in [0.25, 0.3) is 0 Å². The summed E-state index contributed by atoms with van der Waals surface area (Å²) in [4.78, 5) is 38.3. The fourth-order valence-electron chi connectivity index (χ4n) is 7.71. The highest BCUT2D eigenvalue weighted by atomic mass is 35.5. The average Bonchev–Trinajstić information content (AvgIpc) is 4.23. The molecule has 2 saturated heterocycles. The van der Waals surface area contributed by atoms with Crippen LogP contribution in [0.15, 0.2) is 48.8 Å². The van der Waals surface area contributed by atoms with Crippen LogP contribution in [-0.2, 0) is 9.47 Å². The Labute approximate surface area is 389 Å². The van der Waals surface area contributed by atoms with Crippen LogP contribution in [-0.4, -0.2) is 125 Å². The Morgan fingerprint density at radius 1 is 0.612 bits per heavy atom. The van der Waals surface area contributed by atoms with Crippen molar-refractivity contribution in [2.75, 3.05) is 57.3 Å². The van der Waals surface area contributed by atoms with Gasteiger partial charge in [-0.05, 0) is 79.4 Å². The first-order chi connectivity index (χ1) is 31.8. The van der Waals surface area contributed by atoms with Gasteiger partial charge in [-0.1, -0.05) is 11.6 Å². The molecule has 4 fully saturated rings. The number of benzene rings is 2. The lowest BCUT2D eigenvalue weighted by molar-refractivity contribution is 0.0223. The molecule has 2 saturated carbocycles. The minimum atomic E-state index is -0.911. The molecule has 10 rings (SSSR count). The molecule has 1 N–H and O–H groups in total. The van der Waals surface area contributed by atoms with Gasteiger partial charge in [0.1, 0.15) is 22.9 Å². The molecule has 4 aliphatic rings. The lowest BCUT2D eigenvalue weighted by Gasteiger charge is -2.36. The number of carbonyl (C=O) groups is 2. The summed E-state index contributed by atoms with van der Waals surface area (Å²) in [7, 11) is 0. The third-order valence-electron chi connectivity index (χ3n) is 11.1. The second-order valence-electron chi connectivity index (χ2n) is 18.8. The van der Waals surface area contributed by atoms with Crippen molar-refractivity contribution in [3.63, 3.8) is 0 Å². The molecule has 21 heteroatoms. The van der Waals surface area contributed by atoms with Gasteiger partial charge in [0, 0.05) is 99.8 Å². The Kier molecular flexibility index (Phi) is 13.6. The number of hydrogen-bond acceptors (Lipinski definition) is 12. The van der Waals surface area contributed by atoms with Gasteiger partial charge < -0.3 is 38.6 Å². The van der Waals surface area contributed by atoms with E-state index in [2.05, 4.69) is 40.6 Å². The number of anilines is 1. The summed E-state index contributed by atoms with van der Waals surface area (Å²) >= 11 is 5.86. The normalized spacial score (nSPS) is 16.6. The second kappa shape index (κ2) is 19.2. The molecule has 2 aliphatic heterocycles. The molecule has 356 valence electrons. The van der Waals surface area contributed by atoms with Gasteiger partial charge in [-0.25, -0.2) is 37.1 Å². The van der Waals surface area contributed by atoms with Gasteiger partial charge in [0.2, 0.25) is 0 Å². The van der Waals surface area contributed by atoms with Gasteiger partial charge in [0.05, 0.1) is 34.5 Å². The van der Waals surface area contributed by atoms with E-state index in [0.29, 0.717) is 71.3 Å². The van der Waals surface area contributed by atoms with Crippen molar-refractivity contribution in [2.45, 2.75) is 90.5 Å². The second-order valence-corrected chi connectivity index (χ2v) is 19.2. The summed E-state index contributed by atoms with van der Waals surface area (Å²) in [6, 6.07) is 8.65. The van der Waals surface area contributed by atoms with Gasteiger partial charge >= 0.3 is 12.2 Å². The highest BCUT2D eigenvalue weighted by molar-refractivity contribution is 6.29. The first kappa shape index (κ1) is 47.3. The maximum absolute atomic E-state index is 13.9. The van der Waals surface area contributed by atoms with Crippen molar-refractivity contribution in [2.24, 2.45) is 0 Å². The van der Waals surface area contributed by atoms with Gasteiger partial charge in [-0.2, -0.15) is 10.2 Å². The van der Waals surface area contributed by atoms with E-state index < -0.39 is 28.9 Å². The van der Waals surface area contributed by atoms with Crippen molar-refractivity contribution >= 4 is 51.7 Å². The van der Waals surface area contributed by atoms with Crippen LogP contribution in [0.25, 0.3) is 44.8 Å². The van der Waals surface area contributed by atoms with E-state index in [0.717, 1.165) is 69.6 Å². The number of imidazole rings is 2. The van der Waals surface area contributed by atoms with E-state index in [1.54, 1.807) is 28.3 Å². The molecule has 6 aromatic rings. The molecule has 4 aromatic heterocycles. The number of fused-ring (bicyclic) bond motifs is 2. The number of nitrogens with zero attached hydrogens (tertiary/aromatic N) is 11. The van der Waals surface area contributed by atoms with E-state index in [1.165, 1.54) is 12.1 Å². The fourth-order valence-corrected chi connectivity index (χ4v) is 7.87. The van der Waals surface area contributed by atoms with Crippen molar-refractivity contribution in [1.29, 1.82) is 0 Å². The number of carbonyl (C=O) groups excluding carboxylic acids is 2. The third kappa shape index (κ3) is 11.5.